The largest absolute Gasteiger partial charge is 0.392 e. The van der Waals surface area contributed by atoms with E-state index < -0.39 is 0 Å². The Hall–Kier alpha value is -2.17. The number of carbonyl (C=O) groups excluding carboxylic acids is 1. The molecule has 0 unspecified atom stereocenters. The van der Waals surface area contributed by atoms with E-state index in [9.17, 15) is 9.90 Å². The number of carbonyl (C=O) groups is 1. The van der Waals surface area contributed by atoms with Crippen LogP contribution < -0.4 is 0 Å². The van der Waals surface area contributed by atoms with E-state index in [1.165, 1.54) is 0 Å². The van der Waals surface area contributed by atoms with Crippen LogP contribution in [0, 0.1) is 5.92 Å². The van der Waals surface area contributed by atoms with E-state index in [-0.39, 0.29) is 24.5 Å². The summed E-state index contributed by atoms with van der Waals surface area (Å²) in [4.78, 5) is 14.4. The van der Waals surface area contributed by atoms with Crippen LogP contribution in [0.4, 0.5) is 0 Å². The van der Waals surface area contributed by atoms with Crippen molar-refractivity contribution in [2.24, 2.45) is 5.92 Å². The van der Waals surface area contributed by atoms with E-state index in [0.29, 0.717) is 25.9 Å². The van der Waals surface area contributed by atoms with E-state index in [2.05, 4.69) is 0 Å². The van der Waals surface area contributed by atoms with Gasteiger partial charge in [-0.05, 0) is 41.9 Å². The number of rotatable bonds is 6. The van der Waals surface area contributed by atoms with Crippen LogP contribution in [-0.2, 0) is 24.2 Å². The van der Waals surface area contributed by atoms with Gasteiger partial charge >= 0.3 is 0 Å². The molecular weight excluding hydrogens is 326 g/mol. The molecule has 0 aliphatic carbocycles. The third kappa shape index (κ3) is 4.93. The molecule has 2 aromatic rings. The second kappa shape index (κ2) is 8.97. The molecule has 0 aromatic heterocycles. The highest BCUT2D eigenvalue weighted by atomic mass is 16.3. The van der Waals surface area contributed by atoms with Crippen molar-refractivity contribution in [3.63, 3.8) is 0 Å². The molecule has 0 radical (unpaired) electrons. The molecule has 26 heavy (non-hydrogen) atoms. The Morgan fingerprint density at radius 3 is 2.19 bits per heavy atom. The number of aliphatic hydroxyl groups is 2. The molecule has 2 aromatic carbocycles. The quantitative estimate of drug-likeness (QED) is 0.839. The summed E-state index contributed by atoms with van der Waals surface area (Å²) in [5, 5.41) is 19.6. The summed E-state index contributed by atoms with van der Waals surface area (Å²) >= 11 is 0. The van der Waals surface area contributed by atoms with Gasteiger partial charge in [0.15, 0.2) is 0 Å². The van der Waals surface area contributed by atoms with Gasteiger partial charge in [0.25, 0.3) is 0 Å². The summed E-state index contributed by atoms with van der Waals surface area (Å²) in [6, 6.07) is 17.6. The number of hydrogen-bond donors (Lipinski definition) is 2. The van der Waals surface area contributed by atoms with Gasteiger partial charge in [0, 0.05) is 13.1 Å². The van der Waals surface area contributed by atoms with E-state index in [4.69, 9.17) is 5.11 Å². The summed E-state index contributed by atoms with van der Waals surface area (Å²) in [7, 11) is 0. The van der Waals surface area contributed by atoms with E-state index in [1.807, 2.05) is 59.5 Å². The third-order valence-corrected chi connectivity index (χ3v) is 5.29. The molecule has 2 N–H and O–H groups in total. The highest BCUT2D eigenvalue weighted by Gasteiger charge is 2.27. The predicted molar refractivity (Wildman–Crippen MR) is 102 cm³/mol. The molecule has 1 fully saturated rings. The molecule has 1 aliphatic heterocycles. The fourth-order valence-corrected chi connectivity index (χ4v) is 3.60. The smallest absolute Gasteiger partial charge is 0.226 e. The van der Waals surface area contributed by atoms with Gasteiger partial charge in [-0.15, -0.1) is 0 Å². The van der Waals surface area contributed by atoms with Gasteiger partial charge in [0.05, 0.1) is 19.1 Å². The Kier molecular flexibility index (Phi) is 6.42. The summed E-state index contributed by atoms with van der Waals surface area (Å²) in [5.74, 6) is 0.390. The molecule has 138 valence electrons. The summed E-state index contributed by atoms with van der Waals surface area (Å²) in [5.41, 5.74) is 2.98. The van der Waals surface area contributed by atoms with Crippen molar-refractivity contribution in [2.75, 3.05) is 13.1 Å². The highest BCUT2D eigenvalue weighted by molar-refractivity contribution is 5.78. The van der Waals surface area contributed by atoms with Crippen LogP contribution in [0.1, 0.15) is 29.5 Å². The number of aliphatic hydroxyl groups excluding tert-OH is 2. The monoisotopic (exact) mass is 353 g/mol. The Morgan fingerprint density at radius 1 is 0.962 bits per heavy atom. The zero-order chi connectivity index (χ0) is 18.4. The van der Waals surface area contributed by atoms with Gasteiger partial charge in [-0.3, -0.25) is 4.79 Å². The normalized spacial score (nSPS) is 16.5. The summed E-state index contributed by atoms with van der Waals surface area (Å²) < 4.78 is 0. The zero-order valence-electron chi connectivity index (χ0n) is 15.1. The molecule has 4 nitrogen and oxygen atoms in total. The molecule has 1 heterocycles. The van der Waals surface area contributed by atoms with Crippen LogP contribution in [0.15, 0.2) is 54.6 Å². The Balaban J connectivity index is 1.47. The Labute approximate surface area is 155 Å². The molecule has 0 bridgehead atoms. The molecule has 4 heteroatoms. The maximum absolute atomic E-state index is 12.5. The van der Waals surface area contributed by atoms with Crippen molar-refractivity contribution in [2.45, 2.75) is 38.4 Å². The Bertz CT molecular complexity index is 691. The topological polar surface area (TPSA) is 60.8 Å². The lowest BCUT2D eigenvalue weighted by atomic mass is 9.88. The summed E-state index contributed by atoms with van der Waals surface area (Å²) in [6.45, 7) is 1.45. The average molecular weight is 353 g/mol. The lowest BCUT2D eigenvalue weighted by Crippen LogP contribution is -2.42. The molecular formula is C22H27NO3. The maximum atomic E-state index is 12.5. The second-order valence-electron chi connectivity index (χ2n) is 7.13. The predicted octanol–water partition coefficient (Wildman–Crippen LogP) is 2.56. The fourth-order valence-electron chi connectivity index (χ4n) is 3.60. The molecule has 1 saturated heterocycles. The number of benzene rings is 2. The maximum Gasteiger partial charge on any atom is 0.226 e. The number of nitrogens with zero attached hydrogens (tertiary/aromatic N) is 1. The number of piperidine rings is 1. The third-order valence-electron chi connectivity index (χ3n) is 5.29. The van der Waals surface area contributed by atoms with Gasteiger partial charge in [-0.2, -0.15) is 0 Å². The summed E-state index contributed by atoms with van der Waals surface area (Å²) in [6.07, 6.45) is 2.42. The van der Waals surface area contributed by atoms with Crippen LogP contribution in [-0.4, -0.2) is 40.2 Å². The lowest BCUT2D eigenvalue weighted by molar-refractivity contribution is -0.132. The van der Waals surface area contributed by atoms with Crippen molar-refractivity contribution in [1.29, 1.82) is 0 Å². The SMILES string of the molecule is O=C(Cc1ccc(CO)cc1)N1CCC([C@H](O)Cc2ccccc2)CC1. The molecule has 1 aliphatic rings. The van der Waals surface area contributed by atoms with Crippen molar-refractivity contribution in [3.05, 3.63) is 71.3 Å². The van der Waals surface area contributed by atoms with Crippen LogP contribution in [0.3, 0.4) is 0 Å². The Morgan fingerprint density at radius 2 is 1.58 bits per heavy atom. The first-order chi connectivity index (χ1) is 12.7. The minimum absolute atomic E-state index is 0.0209. The first kappa shape index (κ1) is 18.6. The molecule has 1 atom stereocenters. The van der Waals surface area contributed by atoms with Gasteiger partial charge in [0.1, 0.15) is 0 Å². The van der Waals surface area contributed by atoms with Crippen LogP contribution in [0.5, 0.6) is 0 Å². The number of hydrogen-bond acceptors (Lipinski definition) is 3. The number of likely N-dealkylation sites (tertiary alicyclic amines) is 1. The first-order valence-electron chi connectivity index (χ1n) is 9.34. The number of amides is 1. The van der Waals surface area contributed by atoms with Crippen molar-refractivity contribution >= 4 is 5.91 Å². The van der Waals surface area contributed by atoms with Crippen LogP contribution >= 0.6 is 0 Å². The molecule has 0 spiro atoms. The van der Waals surface area contributed by atoms with Crippen molar-refractivity contribution < 1.29 is 15.0 Å². The van der Waals surface area contributed by atoms with Crippen molar-refractivity contribution in [3.8, 4) is 0 Å². The van der Waals surface area contributed by atoms with E-state index >= 15 is 0 Å². The first-order valence-corrected chi connectivity index (χ1v) is 9.34. The van der Waals surface area contributed by atoms with Crippen LogP contribution in [0.2, 0.25) is 0 Å². The molecule has 0 saturated carbocycles. The minimum atomic E-state index is -0.347. The van der Waals surface area contributed by atoms with Gasteiger partial charge in [-0.25, -0.2) is 0 Å². The minimum Gasteiger partial charge on any atom is -0.392 e. The zero-order valence-corrected chi connectivity index (χ0v) is 15.1. The average Bonchev–Trinajstić information content (AvgIpc) is 2.69. The fraction of sp³-hybridized carbons (Fsp3) is 0.409. The van der Waals surface area contributed by atoms with Gasteiger partial charge in [-0.1, -0.05) is 54.6 Å². The van der Waals surface area contributed by atoms with E-state index in [1.54, 1.807) is 0 Å². The standard InChI is InChI=1S/C22H27NO3/c24-16-19-8-6-18(7-9-19)15-22(26)23-12-10-20(11-13-23)21(25)14-17-4-2-1-3-5-17/h1-9,20-21,24-25H,10-16H2/t21-/m1/s1. The second-order valence-corrected chi connectivity index (χ2v) is 7.13. The highest BCUT2D eigenvalue weighted by Crippen LogP contribution is 2.23. The lowest BCUT2D eigenvalue weighted by Gasteiger charge is -2.34. The van der Waals surface area contributed by atoms with E-state index in [0.717, 1.165) is 29.5 Å². The molecule has 1 amide bonds. The van der Waals surface area contributed by atoms with Crippen molar-refractivity contribution in [1.82, 2.24) is 4.90 Å². The van der Waals surface area contributed by atoms with Gasteiger partial charge in [0.2, 0.25) is 5.91 Å². The van der Waals surface area contributed by atoms with Crippen LogP contribution in [0.25, 0.3) is 0 Å². The molecule has 3 rings (SSSR count). The van der Waals surface area contributed by atoms with Gasteiger partial charge < -0.3 is 15.1 Å².